The molecular weight excluding hydrogens is 340 g/mol. The summed E-state index contributed by atoms with van der Waals surface area (Å²) in [6.07, 6.45) is 5.75. The molecule has 0 saturated heterocycles. The Morgan fingerprint density at radius 2 is 2.04 bits per heavy atom. The van der Waals surface area contributed by atoms with E-state index in [4.69, 9.17) is 0 Å². The minimum atomic E-state index is -4.10. The third-order valence-electron chi connectivity index (χ3n) is 3.31. The number of nitrogens with one attached hydrogen (secondary N) is 1. The zero-order valence-electron chi connectivity index (χ0n) is 12.4. The number of rotatable bonds is 6. The molecule has 0 saturated carbocycles. The van der Waals surface area contributed by atoms with Gasteiger partial charge in [-0.3, -0.25) is 0 Å². The summed E-state index contributed by atoms with van der Waals surface area (Å²) >= 11 is 0. The number of nitrogens with zero attached hydrogens (tertiary/aromatic N) is 4. The molecule has 0 radical (unpaired) electrons. The zero-order valence-corrected chi connectivity index (χ0v) is 13.2. The lowest BCUT2D eigenvalue weighted by Crippen LogP contribution is -2.26. The van der Waals surface area contributed by atoms with Crippen molar-refractivity contribution in [1.82, 2.24) is 24.3 Å². The van der Waals surface area contributed by atoms with Crippen LogP contribution in [0.4, 0.5) is 8.78 Å². The second-order valence-corrected chi connectivity index (χ2v) is 6.78. The number of fused-ring (bicyclic) bond motifs is 1. The molecule has 3 rings (SSSR count). The van der Waals surface area contributed by atoms with Crippen LogP contribution < -0.4 is 4.72 Å². The van der Waals surface area contributed by atoms with Crippen molar-refractivity contribution in [3.63, 3.8) is 0 Å². The molecule has 0 fully saturated rings. The topological polar surface area (TPSA) is 89.2 Å². The highest BCUT2D eigenvalue weighted by molar-refractivity contribution is 7.89. The highest BCUT2D eigenvalue weighted by atomic mass is 32.2. The predicted molar refractivity (Wildman–Crippen MR) is 80.6 cm³/mol. The quantitative estimate of drug-likeness (QED) is 0.675. The Morgan fingerprint density at radius 1 is 1.21 bits per heavy atom. The zero-order chi connectivity index (χ0) is 17.2. The van der Waals surface area contributed by atoms with Gasteiger partial charge in [0.2, 0.25) is 10.0 Å². The summed E-state index contributed by atoms with van der Waals surface area (Å²) in [4.78, 5) is 7.32. The third kappa shape index (κ3) is 3.54. The maximum atomic E-state index is 13.5. The molecule has 7 nitrogen and oxygen atoms in total. The van der Waals surface area contributed by atoms with E-state index in [0.29, 0.717) is 24.7 Å². The van der Waals surface area contributed by atoms with Gasteiger partial charge in [0.05, 0.1) is 0 Å². The first-order chi connectivity index (χ1) is 11.5. The lowest BCUT2D eigenvalue weighted by molar-refractivity contribution is 0.544. The highest BCUT2D eigenvalue weighted by Gasteiger charge is 2.19. The number of benzene rings is 1. The van der Waals surface area contributed by atoms with Crippen LogP contribution >= 0.6 is 0 Å². The lowest BCUT2D eigenvalue weighted by atomic mass is 10.2. The molecular formula is C14H13F2N5O2S. The van der Waals surface area contributed by atoms with Crippen molar-refractivity contribution in [2.75, 3.05) is 6.54 Å². The van der Waals surface area contributed by atoms with E-state index in [1.807, 2.05) is 0 Å². The van der Waals surface area contributed by atoms with E-state index in [1.54, 1.807) is 12.4 Å². The van der Waals surface area contributed by atoms with E-state index in [1.165, 1.54) is 10.8 Å². The minimum Gasteiger partial charge on any atom is -0.219 e. The van der Waals surface area contributed by atoms with Crippen molar-refractivity contribution in [3.05, 3.63) is 54.1 Å². The molecule has 0 spiro atoms. The molecule has 2 aromatic heterocycles. The van der Waals surface area contributed by atoms with Crippen LogP contribution in [0.15, 0.2) is 41.8 Å². The smallest absolute Gasteiger partial charge is 0.219 e. The van der Waals surface area contributed by atoms with E-state index in [2.05, 4.69) is 19.8 Å². The van der Waals surface area contributed by atoms with Gasteiger partial charge in [0.25, 0.3) is 5.78 Å². The second kappa shape index (κ2) is 6.57. The molecule has 0 amide bonds. The summed E-state index contributed by atoms with van der Waals surface area (Å²) in [5, 5.41) is 3.96. The molecule has 0 aliphatic rings. The van der Waals surface area contributed by atoms with Crippen LogP contribution in [0.2, 0.25) is 0 Å². The van der Waals surface area contributed by atoms with Gasteiger partial charge in [-0.1, -0.05) is 0 Å². The Balaban J connectivity index is 1.60. The van der Waals surface area contributed by atoms with Gasteiger partial charge in [0.1, 0.15) is 22.9 Å². The maximum Gasteiger partial charge on any atom is 0.252 e. The van der Waals surface area contributed by atoms with E-state index in [9.17, 15) is 17.2 Å². The average Bonchev–Trinajstić information content (AvgIpc) is 3.01. The predicted octanol–water partition coefficient (Wildman–Crippen LogP) is 1.31. The molecule has 0 unspecified atom stereocenters. The Hall–Kier alpha value is -2.46. The van der Waals surface area contributed by atoms with Crippen LogP contribution in [0.3, 0.4) is 0 Å². The molecule has 0 aliphatic carbocycles. The van der Waals surface area contributed by atoms with Gasteiger partial charge in [-0.25, -0.2) is 31.4 Å². The van der Waals surface area contributed by atoms with Gasteiger partial charge in [-0.15, -0.1) is 0 Å². The summed E-state index contributed by atoms with van der Waals surface area (Å²) in [5.74, 6) is -1.34. The standard InChI is InChI=1S/C14H13F2N5O2S/c15-11-3-4-12(16)13(6-11)24(22,23)20-5-1-2-10-7-17-14-18-9-19-21(14)8-10/h3-4,6-9,20H,1-2,5H2. The molecule has 126 valence electrons. The van der Waals surface area contributed by atoms with Gasteiger partial charge < -0.3 is 0 Å². The van der Waals surface area contributed by atoms with Crippen LogP contribution in [0.25, 0.3) is 5.78 Å². The molecule has 1 aromatic carbocycles. The first-order valence-electron chi connectivity index (χ1n) is 7.05. The fourth-order valence-electron chi connectivity index (χ4n) is 2.15. The molecule has 3 aromatic rings. The summed E-state index contributed by atoms with van der Waals surface area (Å²) in [6, 6.07) is 2.30. The van der Waals surface area contributed by atoms with Gasteiger partial charge in [-0.05, 0) is 36.6 Å². The first kappa shape index (κ1) is 16.4. The van der Waals surface area contributed by atoms with E-state index < -0.39 is 26.6 Å². The van der Waals surface area contributed by atoms with E-state index in [0.717, 1.165) is 17.7 Å². The number of aromatic nitrogens is 4. The van der Waals surface area contributed by atoms with Crippen LogP contribution in [0, 0.1) is 11.6 Å². The van der Waals surface area contributed by atoms with Crippen LogP contribution in [-0.2, 0) is 16.4 Å². The van der Waals surface area contributed by atoms with Crippen LogP contribution in [0.5, 0.6) is 0 Å². The number of hydrogen-bond donors (Lipinski definition) is 1. The molecule has 10 heteroatoms. The second-order valence-electron chi connectivity index (χ2n) is 5.04. The number of sulfonamides is 1. The molecule has 0 aliphatic heterocycles. The molecule has 1 N–H and O–H groups in total. The molecule has 0 atom stereocenters. The van der Waals surface area contributed by atoms with Crippen molar-refractivity contribution in [2.24, 2.45) is 0 Å². The largest absolute Gasteiger partial charge is 0.252 e. The Kier molecular flexibility index (Phi) is 4.49. The minimum absolute atomic E-state index is 0.0771. The van der Waals surface area contributed by atoms with E-state index in [-0.39, 0.29) is 6.54 Å². The first-order valence-corrected chi connectivity index (χ1v) is 8.53. The van der Waals surface area contributed by atoms with Gasteiger partial charge >= 0.3 is 0 Å². The molecule has 24 heavy (non-hydrogen) atoms. The number of halogens is 2. The summed E-state index contributed by atoms with van der Waals surface area (Å²) in [5.41, 5.74) is 0.851. The summed E-state index contributed by atoms with van der Waals surface area (Å²) in [7, 11) is -4.10. The monoisotopic (exact) mass is 353 g/mol. The normalized spacial score (nSPS) is 11.9. The lowest BCUT2D eigenvalue weighted by Gasteiger charge is -2.08. The summed E-state index contributed by atoms with van der Waals surface area (Å²) < 4.78 is 54.4. The average molecular weight is 353 g/mol. The Labute approximate surface area is 136 Å². The fourth-order valence-corrected chi connectivity index (χ4v) is 3.31. The number of aryl methyl sites for hydroxylation is 1. The SMILES string of the molecule is O=S(=O)(NCCCc1cnc2ncnn2c1)c1cc(F)ccc1F. The van der Waals surface area contributed by atoms with Crippen molar-refractivity contribution in [2.45, 2.75) is 17.7 Å². The highest BCUT2D eigenvalue weighted by Crippen LogP contribution is 2.15. The van der Waals surface area contributed by atoms with E-state index >= 15 is 0 Å². The fraction of sp³-hybridized carbons (Fsp3) is 0.214. The van der Waals surface area contributed by atoms with Crippen molar-refractivity contribution in [1.29, 1.82) is 0 Å². The number of hydrogen-bond acceptors (Lipinski definition) is 5. The Morgan fingerprint density at radius 3 is 2.88 bits per heavy atom. The third-order valence-corrected chi connectivity index (χ3v) is 4.78. The van der Waals surface area contributed by atoms with Gasteiger partial charge in [-0.2, -0.15) is 10.1 Å². The van der Waals surface area contributed by atoms with Crippen molar-refractivity contribution < 1.29 is 17.2 Å². The van der Waals surface area contributed by atoms with Gasteiger partial charge in [0.15, 0.2) is 0 Å². The maximum absolute atomic E-state index is 13.5. The van der Waals surface area contributed by atoms with Crippen LogP contribution in [-0.4, -0.2) is 34.5 Å². The van der Waals surface area contributed by atoms with Crippen molar-refractivity contribution >= 4 is 15.8 Å². The molecule has 0 bridgehead atoms. The van der Waals surface area contributed by atoms with Gasteiger partial charge in [0, 0.05) is 18.9 Å². The summed E-state index contributed by atoms with van der Waals surface area (Å²) in [6.45, 7) is 0.0771. The van der Waals surface area contributed by atoms with Crippen molar-refractivity contribution in [3.8, 4) is 0 Å². The molecule has 2 heterocycles. The van der Waals surface area contributed by atoms with Crippen LogP contribution in [0.1, 0.15) is 12.0 Å². The Bertz CT molecular complexity index is 974.